The van der Waals surface area contributed by atoms with E-state index in [4.69, 9.17) is 4.74 Å². The predicted molar refractivity (Wildman–Crippen MR) is 106 cm³/mol. The topological polar surface area (TPSA) is 61.9 Å². The second-order valence-electron chi connectivity index (χ2n) is 7.76. The van der Waals surface area contributed by atoms with Crippen LogP contribution in [-0.4, -0.2) is 61.1 Å². The SMILES string of the molecule is CC(C)c1ccc(NC(=O)N2CCCN(C(=O)C3CCOCC3)CC2)cc1. The van der Waals surface area contributed by atoms with Crippen molar-refractivity contribution in [2.75, 3.05) is 44.7 Å². The van der Waals surface area contributed by atoms with Crippen LogP contribution < -0.4 is 5.32 Å². The third kappa shape index (κ3) is 5.22. The summed E-state index contributed by atoms with van der Waals surface area (Å²) >= 11 is 0. The molecule has 0 unspecified atom stereocenters. The van der Waals surface area contributed by atoms with Gasteiger partial charge in [0.2, 0.25) is 5.91 Å². The molecule has 3 rings (SSSR count). The van der Waals surface area contributed by atoms with Crippen LogP contribution in [0.4, 0.5) is 10.5 Å². The highest BCUT2D eigenvalue weighted by Gasteiger charge is 2.28. The summed E-state index contributed by atoms with van der Waals surface area (Å²) in [6, 6.07) is 7.92. The highest BCUT2D eigenvalue weighted by Crippen LogP contribution is 2.20. The van der Waals surface area contributed by atoms with E-state index in [2.05, 4.69) is 31.3 Å². The van der Waals surface area contributed by atoms with Crippen molar-refractivity contribution in [3.63, 3.8) is 0 Å². The molecule has 2 fully saturated rings. The van der Waals surface area contributed by atoms with Gasteiger partial charge in [0, 0.05) is 51.0 Å². The Kier molecular flexibility index (Phi) is 6.72. The van der Waals surface area contributed by atoms with Crippen LogP contribution >= 0.6 is 0 Å². The van der Waals surface area contributed by atoms with Crippen LogP contribution in [0.3, 0.4) is 0 Å². The quantitative estimate of drug-likeness (QED) is 0.884. The van der Waals surface area contributed by atoms with Crippen molar-refractivity contribution in [3.8, 4) is 0 Å². The molecular formula is C21H31N3O3. The monoisotopic (exact) mass is 373 g/mol. The summed E-state index contributed by atoms with van der Waals surface area (Å²) in [7, 11) is 0. The Morgan fingerprint density at radius 1 is 1.00 bits per heavy atom. The van der Waals surface area contributed by atoms with E-state index in [0.717, 1.165) is 31.5 Å². The van der Waals surface area contributed by atoms with Crippen molar-refractivity contribution >= 4 is 17.6 Å². The number of rotatable bonds is 3. The Balaban J connectivity index is 1.52. The lowest BCUT2D eigenvalue weighted by molar-refractivity contribution is -0.138. The van der Waals surface area contributed by atoms with Crippen LogP contribution in [0, 0.1) is 5.92 Å². The fourth-order valence-electron chi connectivity index (χ4n) is 3.70. The molecule has 3 amide bonds. The number of nitrogens with one attached hydrogen (secondary N) is 1. The Morgan fingerprint density at radius 3 is 2.30 bits per heavy atom. The zero-order valence-electron chi connectivity index (χ0n) is 16.4. The van der Waals surface area contributed by atoms with Crippen LogP contribution in [0.1, 0.15) is 44.6 Å². The van der Waals surface area contributed by atoms with E-state index in [1.54, 1.807) is 0 Å². The molecule has 0 spiro atoms. The summed E-state index contributed by atoms with van der Waals surface area (Å²) in [5.74, 6) is 0.781. The number of carbonyl (C=O) groups is 2. The summed E-state index contributed by atoms with van der Waals surface area (Å²) in [5.41, 5.74) is 2.06. The fourth-order valence-corrected chi connectivity index (χ4v) is 3.70. The van der Waals surface area contributed by atoms with Gasteiger partial charge in [0.15, 0.2) is 0 Å². The van der Waals surface area contributed by atoms with Gasteiger partial charge in [-0.1, -0.05) is 26.0 Å². The lowest BCUT2D eigenvalue weighted by Crippen LogP contribution is -2.42. The summed E-state index contributed by atoms with van der Waals surface area (Å²) in [6.45, 7) is 8.23. The number of carbonyl (C=O) groups excluding carboxylic acids is 2. The van der Waals surface area contributed by atoms with Crippen molar-refractivity contribution in [1.29, 1.82) is 0 Å². The number of nitrogens with zero attached hydrogens (tertiary/aromatic N) is 2. The smallest absolute Gasteiger partial charge is 0.321 e. The molecule has 148 valence electrons. The maximum absolute atomic E-state index is 12.7. The molecule has 1 aromatic rings. The van der Waals surface area contributed by atoms with E-state index in [-0.39, 0.29) is 17.9 Å². The van der Waals surface area contributed by atoms with Gasteiger partial charge in [0.25, 0.3) is 0 Å². The van der Waals surface area contributed by atoms with E-state index in [0.29, 0.717) is 38.8 Å². The molecule has 2 saturated heterocycles. The molecule has 2 heterocycles. The third-order valence-corrected chi connectivity index (χ3v) is 5.49. The molecule has 1 aromatic carbocycles. The molecular weight excluding hydrogens is 342 g/mol. The summed E-state index contributed by atoms with van der Waals surface area (Å²) < 4.78 is 5.36. The average molecular weight is 373 g/mol. The number of urea groups is 1. The molecule has 2 aliphatic rings. The molecule has 27 heavy (non-hydrogen) atoms. The van der Waals surface area contributed by atoms with E-state index in [1.807, 2.05) is 21.9 Å². The van der Waals surface area contributed by atoms with E-state index >= 15 is 0 Å². The van der Waals surface area contributed by atoms with Gasteiger partial charge in [0.1, 0.15) is 0 Å². The largest absolute Gasteiger partial charge is 0.381 e. The minimum atomic E-state index is -0.0901. The number of anilines is 1. The zero-order valence-corrected chi connectivity index (χ0v) is 16.4. The zero-order chi connectivity index (χ0) is 19.2. The summed E-state index contributed by atoms with van der Waals surface area (Å²) in [5, 5.41) is 2.98. The van der Waals surface area contributed by atoms with E-state index < -0.39 is 0 Å². The highest BCUT2D eigenvalue weighted by atomic mass is 16.5. The molecule has 6 nitrogen and oxygen atoms in total. The van der Waals surface area contributed by atoms with Gasteiger partial charge >= 0.3 is 6.03 Å². The Morgan fingerprint density at radius 2 is 1.63 bits per heavy atom. The van der Waals surface area contributed by atoms with Crippen LogP contribution in [0.2, 0.25) is 0 Å². The lowest BCUT2D eigenvalue weighted by Gasteiger charge is -2.28. The standard InChI is InChI=1S/C21H31N3O3/c1-16(2)17-4-6-19(7-5-17)22-21(26)24-11-3-10-23(12-13-24)20(25)18-8-14-27-15-9-18/h4-7,16,18H,3,8-15H2,1-2H3,(H,22,26). The van der Waals surface area contributed by atoms with E-state index in [9.17, 15) is 9.59 Å². The maximum Gasteiger partial charge on any atom is 0.321 e. The van der Waals surface area contributed by atoms with Crippen molar-refractivity contribution in [3.05, 3.63) is 29.8 Å². The van der Waals surface area contributed by atoms with E-state index in [1.165, 1.54) is 5.56 Å². The second kappa shape index (κ2) is 9.22. The number of hydrogen-bond acceptors (Lipinski definition) is 3. The number of amides is 3. The third-order valence-electron chi connectivity index (χ3n) is 5.49. The number of hydrogen-bond donors (Lipinski definition) is 1. The lowest BCUT2D eigenvalue weighted by atomic mass is 9.98. The molecule has 0 aromatic heterocycles. The van der Waals surface area contributed by atoms with Crippen LogP contribution in [-0.2, 0) is 9.53 Å². The molecule has 0 radical (unpaired) electrons. The minimum Gasteiger partial charge on any atom is -0.381 e. The first kappa shape index (κ1) is 19.7. The van der Waals surface area contributed by atoms with Crippen molar-refractivity contribution in [2.45, 2.75) is 39.0 Å². The number of ether oxygens (including phenoxy) is 1. The van der Waals surface area contributed by atoms with Crippen LogP contribution in [0.25, 0.3) is 0 Å². The van der Waals surface area contributed by atoms with Crippen molar-refractivity contribution in [2.24, 2.45) is 5.92 Å². The normalized spacial score (nSPS) is 19.1. The molecule has 1 N–H and O–H groups in total. The first-order valence-corrected chi connectivity index (χ1v) is 10.1. The molecule has 0 aliphatic carbocycles. The summed E-state index contributed by atoms with van der Waals surface area (Å²) in [4.78, 5) is 29.1. The Bertz CT molecular complexity index is 639. The Labute approximate surface area is 161 Å². The van der Waals surface area contributed by atoms with Gasteiger partial charge in [-0.3, -0.25) is 4.79 Å². The first-order valence-electron chi connectivity index (χ1n) is 10.1. The Hall–Kier alpha value is -2.08. The van der Waals surface area contributed by atoms with Gasteiger partial charge in [0.05, 0.1) is 0 Å². The number of benzene rings is 1. The van der Waals surface area contributed by atoms with Gasteiger partial charge in [-0.05, 0) is 42.9 Å². The van der Waals surface area contributed by atoms with Gasteiger partial charge in [-0.25, -0.2) is 4.79 Å². The molecule has 2 aliphatic heterocycles. The van der Waals surface area contributed by atoms with Gasteiger partial charge in [-0.15, -0.1) is 0 Å². The first-order chi connectivity index (χ1) is 13.0. The highest BCUT2D eigenvalue weighted by molar-refractivity contribution is 5.89. The molecule has 0 atom stereocenters. The van der Waals surface area contributed by atoms with Crippen molar-refractivity contribution < 1.29 is 14.3 Å². The summed E-state index contributed by atoms with van der Waals surface area (Å²) in [6.07, 6.45) is 2.44. The second-order valence-corrected chi connectivity index (χ2v) is 7.76. The minimum absolute atomic E-state index is 0.0820. The van der Waals surface area contributed by atoms with Gasteiger partial charge < -0.3 is 19.9 Å². The molecule has 0 saturated carbocycles. The van der Waals surface area contributed by atoms with Gasteiger partial charge in [-0.2, -0.15) is 0 Å². The molecule has 0 bridgehead atoms. The van der Waals surface area contributed by atoms with Crippen LogP contribution in [0.5, 0.6) is 0 Å². The maximum atomic E-state index is 12.7. The fraction of sp³-hybridized carbons (Fsp3) is 0.619. The van der Waals surface area contributed by atoms with Crippen LogP contribution in [0.15, 0.2) is 24.3 Å². The molecule has 6 heteroatoms. The average Bonchev–Trinajstić information content (AvgIpc) is 2.95. The van der Waals surface area contributed by atoms with Crippen molar-refractivity contribution in [1.82, 2.24) is 9.80 Å². The predicted octanol–water partition coefficient (Wildman–Crippen LogP) is 3.30.